The van der Waals surface area contributed by atoms with Crippen molar-refractivity contribution < 1.29 is 65.3 Å². The number of rotatable bonds is 12. The van der Waals surface area contributed by atoms with E-state index in [-0.39, 0.29) is 17.1 Å². The van der Waals surface area contributed by atoms with Crippen molar-refractivity contribution in [3.63, 3.8) is 0 Å². The molecule has 1 aliphatic rings. The molecule has 6 unspecified atom stereocenters. The summed E-state index contributed by atoms with van der Waals surface area (Å²) in [6.45, 7) is -3.49. The molecule has 8 N–H and O–H groups in total. The van der Waals surface area contributed by atoms with Gasteiger partial charge in [0, 0.05) is 11.9 Å². The van der Waals surface area contributed by atoms with E-state index in [1.807, 2.05) is 0 Å². The van der Waals surface area contributed by atoms with Crippen LogP contribution in [0.15, 0.2) is 11.1 Å². The van der Waals surface area contributed by atoms with Gasteiger partial charge in [-0.2, -0.15) is 4.98 Å². The highest BCUT2D eigenvalue weighted by atomic mass is 31.3. The van der Waals surface area contributed by atoms with E-state index in [0.717, 1.165) is 10.9 Å². The smallest absolute Gasteiger partial charge is 0.386 e. The number of aliphatic hydroxyl groups is 1. The molecule has 2 aromatic heterocycles. The number of nitrogens with two attached hydrogens (primary N) is 1. The number of aliphatic hydroxyl groups excluding tert-OH is 1. The molecule has 2 aromatic rings. The Morgan fingerprint density at radius 3 is 2.25 bits per heavy atom. The highest BCUT2D eigenvalue weighted by molar-refractivity contribution is 7.88. The first-order valence-electron chi connectivity index (χ1n) is 10.2. The number of nitrogen functional groups attached to an aromatic ring is 1. The van der Waals surface area contributed by atoms with Crippen molar-refractivity contribution >= 4 is 61.7 Å². The van der Waals surface area contributed by atoms with Gasteiger partial charge in [0.05, 0.1) is 12.9 Å². The lowest BCUT2D eigenvalue weighted by molar-refractivity contribution is -0.0474. The van der Waals surface area contributed by atoms with Crippen LogP contribution in [0.3, 0.4) is 0 Å². The second-order valence-electron chi connectivity index (χ2n) is 7.70. The van der Waals surface area contributed by atoms with Gasteiger partial charge < -0.3 is 44.2 Å². The molecule has 0 saturated carbocycles. The summed E-state index contributed by atoms with van der Waals surface area (Å²) in [5, 5.41) is 28.9. The Balaban J connectivity index is 2.02. The van der Waals surface area contributed by atoms with Gasteiger partial charge in [0.25, 0.3) is 5.56 Å². The molecule has 40 heavy (non-hydrogen) atoms. The average Bonchev–Trinajstić information content (AvgIpc) is 3.31. The van der Waals surface area contributed by atoms with E-state index >= 15 is 0 Å². The van der Waals surface area contributed by atoms with Crippen molar-refractivity contribution in [2.24, 2.45) is 0 Å². The van der Waals surface area contributed by atoms with Crippen LogP contribution in [-0.4, -0.2) is 83.1 Å². The zero-order chi connectivity index (χ0) is 30.1. The summed E-state index contributed by atoms with van der Waals surface area (Å²) < 4.78 is 73.1. The summed E-state index contributed by atoms with van der Waals surface area (Å²) in [5.74, 6) is 2.30. The average molecular weight is 645 g/mol. The fourth-order valence-electron chi connectivity index (χ4n) is 3.40. The molecule has 216 valence electrons. The molecule has 0 aliphatic carbocycles. The number of fused-ring (bicyclic) bond motifs is 1. The van der Waals surface area contributed by atoms with Crippen LogP contribution < -0.4 is 11.3 Å². The molecule has 3 rings (SSSR count). The summed E-state index contributed by atoms with van der Waals surface area (Å²) in [4.78, 5) is 58.3. The zero-order valence-corrected chi connectivity index (χ0v) is 23.0. The monoisotopic (exact) mass is 645 g/mol. The fraction of sp³-hybridized carbons (Fsp3) is 0.417. The normalized spacial score (nSPS) is 24.5. The van der Waals surface area contributed by atoms with Gasteiger partial charge in [0.15, 0.2) is 17.4 Å². The summed E-state index contributed by atoms with van der Waals surface area (Å²) in [6.07, 6.45) is -6.52. The molecule has 0 radical (unpaired) electrons. The van der Waals surface area contributed by atoms with Crippen LogP contribution in [0.25, 0.3) is 11.2 Å². The molecule has 28 heteroatoms. The Morgan fingerprint density at radius 2 is 1.68 bits per heavy atom. The number of hydrogen-bond acceptors (Lipinski definition) is 16. The third-order valence-corrected chi connectivity index (χ3v) is 10.6. The summed E-state index contributed by atoms with van der Waals surface area (Å²) in [5.41, 5.74) is 4.22. The number of nitrogens with one attached hydrogen (secondary N) is 1. The number of aromatic nitrogens is 4. The molecule has 0 bridgehead atoms. The van der Waals surface area contributed by atoms with E-state index in [2.05, 4.69) is 23.6 Å². The molecule has 3 heterocycles. The molecule has 0 aromatic carbocycles. The third-order valence-electron chi connectivity index (χ3n) is 4.74. The maximum Gasteiger partial charge on any atom is 0.476 e. The highest BCUT2D eigenvalue weighted by Gasteiger charge is 2.51. The topological polar surface area (TPSA) is 353 Å². The maximum absolute atomic E-state index is 13.0. The van der Waals surface area contributed by atoms with Crippen molar-refractivity contribution in [1.29, 1.82) is 10.5 Å². The van der Waals surface area contributed by atoms with E-state index in [0.29, 0.717) is 0 Å². The first-order valence-corrected chi connectivity index (χ1v) is 16.8. The Kier molecular flexibility index (Phi) is 9.65. The van der Waals surface area contributed by atoms with Crippen molar-refractivity contribution in [3.05, 3.63) is 16.7 Å². The van der Waals surface area contributed by atoms with Crippen molar-refractivity contribution in [2.75, 3.05) is 12.3 Å². The van der Waals surface area contributed by atoms with E-state index in [1.165, 1.54) is 11.9 Å². The van der Waals surface area contributed by atoms with Crippen molar-refractivity contribution in [2.45, 2.75) is 24.5 Å². The Hall–Kier alpha value is -2.22. The van der Waals surface area contributed by atoms with E-state index in [1.54, 1.807) is 0 Å². The van der Waals surface area contributed by atoms with Gasteiger partial charge in [-0.05, 0) is 0 Å². The first kappa shape index (κ1) is 32.3. The quantitative estimate of drug-likeness (QED) is 0.0936. The Labute approximate surface area is 222 Å². The second-order valence-corrected chi connectivity index (χ2v) is 14.5. The fourth-order valence-corrected chi connectivity index (χ4v) is 8.31. The van der Waals surface area contributed by atoms with Crippen LogP contribution in [0, 0.1) is 22.5 Å². The van der Waals surface area contributed by atoms with E-state index in [4.69, 9.17) is 49.6 Å². The minimum absolute atomic E-state index is 0.253. The number of nitrogens with zero attached hydrogens (tertiary/aromatic N) is 5. The van der Waals surface area contributed by atoms with Crippen LogP contribution in [-0.2, 0) is 40.7 Å². The first-order chi connectivity index (χ1) is 18.4. The van der Waals surface area contributed by atoms with Crippen LogP contribution in [0.2, 0.25) is 0 Å². The molecule has 1 fully saturated rings. The molecule has 0 amide bonds. The number of H-pyrrole nitrogens is 1. The number of aromatic amines is 1. The van der Waals surface area contributed by atoms with E-state index in [9.17, 15) is 28.2 Å². The number of nitriles is 2. The van der Waals surface area contributed by atoms with Gasteiger partial charge in [0.2, 0.25) is 5.95 Å². The largest absolute Gasteiger partial charge is 0.476 e. The van der Waals surface area contributed by atoms with Crippen LogP contribution in [0.4, 0.5) is 5.95 Å². The lowest BCUT2D eigenvalue weighted by atomic mass is 10.1. The number of phosphoric acid groups is 2. The number of anilines is 1. The van der Waals surface area contributed by atoms with Gasteiger partial charge in [-0.25, -0.2) is 33.3 Å². The van der Waals surface area contributed by atoms with Crippen LogP contribution >= 0.6 is 30.6 Å². The standard InChI is InChI=1S/C12H17B2N7O15P4/c15-2-13-37(24,35-39(26,27)28)32-1-5-8(34-38(25,14-3-16)36-40(29,30)31)7(22)11(33-5)21-4-18-6-9(21)19-12(17)20-10(6)23/h4-5,7-8,11,13-14,22H,1H2,(H2,26,27,28)(H2,29,30,31)(H3,17,19,20,23). The zero-order valence-electron chi connectivity index (χ0n) is 19.4. The molecule has 1 aliphatic heterocycles. The Morgan fingerprint density at radius 1 is 1.10 bits per heavy atom. The number of hydrogen-bond donors (Lipinski definition) is 7. The second kappa shape index (κ2) is 11.9. The highest BCUT2D eigenvalue weighted by Crippen LogP contribution is 2.62. The van der Waals surface area contributed by atoms with Gasteiger partial charge >= 0.3 is 44.6 Å². The Bertz CT molecular complexity index is 1610. The predicted octanol–water partition coefficient (Wildman–Crippen LogP) is -2.37. The molecule has 0 spiro atoms. The van der Waals surface area contributed by atoms with E-state index < -0.39 is 81.3 Å². The maximum atomic E-state index is 13.0. The summed E-state index contributed by atoms with van der Waals surface area (Å²) >= 11 is 0. The minimum atomic E-state index is -5.55. The predicted molar refractivity (Wildman–Crippen MR) is 130 cm³/mol. The van der Waals surface area contributed by atoms with Gasteiger partial charge in [-0.3, -0.25) is 23.5 Å². The van der Waals surface area contributed by atoms with Crippen molar-refractivity contribution in [1.82, 2.24) is 19.5 Å². The van der Waals surface area contributed by atoms with Crippen molar-refractivity contribution in [3.8, 4) is 11.9 Å². The third kappa shape index (κ3) is 7.95. The lowest BCUT2D eigenvalue weighted by Crippen LogP contribution is -2.36. The molecule has 22 nitrogen and oxygen atoms in total. The van der Waals surface area contributed by atoms with Crippen LogP contribution in [0.1, 0.15) is 6.23 Å². The molecular formula is C12H17B2N7O15P4. The molecule has 6 atom stereocenters. The summed E-state index contributed by atoms with van der Waals surface area (Å²) in [7, 11) is -21.0. The van der Waals surface area contributed by atoms with Gasteiger partial charge in [-0.1, -0.05) is 0 Å². The summed E-state index contributed by atoms with van der Waals surface area (Å²) in [6, 6.07) is 0. The van der Waals surface area contributed by atoms with Gasteiger partial charge in [0.1, 0.15) is 18.3 Å². The SMILES string of the molecule is N#CBP(=O)(OCC1OC(n2cnc3c(=O)[nH]c(N)nc32)C(O)C1OP(=O)(BC#N)OP(=O)(O)O)OP(=O)(O)O. The molecular weight excluding hydrogens is 628 g/mol. The van der Waals surface area contributed by atoms with Crippen LogP contribution in [0.5, 0.6) is 0 Å². The number of imidazole rings is 1. The molecule has 1 saturated heterocycles. The minimum Gasteiger partial charge on any atom is -0.386 e. The van der Waals surface area contributed by atoms with Gasteiger partial charge in [-0.15, -0.1) is 0 Å². The lowest BCUT2D eigenvalue weighted by Gasteiger charge is -2.26. The number of ether oxygens (including phenoxy) is 1.